The van der Waals surface area contributed by atoms with Crippen LogP contribution in [0.15, 0.2) is 12.7 Å². The highest BCUT2D eigenvalue weighted by Gasteiger charge is 2.64. The molecule has 0 saturated carbocycles. The number of hydrogen-bond acceptors (Lipinski definition) is 7. The first-order valence-corrected chi connectivity index (χ1v) is 8.56. The van der Waals surface area contributed by atoms with Crippen LogP contribution in [-0.2, 0) is 29.1 Å². The maximum atomic E-state index is 11.8. The summed E-state index contributed by atoms with van der Waals surface area (Å²) < 4.78 is 36.1. The van der Waals surface area contributed by atoms with Crippen LogP contribution in [0.1, 0.15) is 6.42 Å². The first-order valence-electron chi connectivity index (χ1n) is 6.07. The summed E-state index contributed by atoms with van der Waals surface area (Å²) in [7, 11) is -3.29. The fraction of sp³-hybridized carbons (Fsp3) is 0.636. The molecule has 3 aliphatic rings. The molecule has 0 aromatic carbocycles. The molecule has 110 valence electrons. The smallest absolute Gasteiger partial charge is 0.344 e. The minimum absolute atomic E-state index is 0.0150. The number of carbonyl (C=O) groups is 2. The van der Waals surface area contributed by atoms with E-state index >= 15 is 0 Å². The first-order chi connectivity index (χ1) is 9.42. The largest absolute Gasteiger partial charge is 0.457 e. The van der Waals surface area contributed by atoms with Gasteiger partial charge in [-0.1, -0.05) is 6.58 Å². The number of rotatable bonds is 4. The highest BCUT2D eigenvalue weighted by molar-refractivity contribution is 8.03. The lowest BCUT2D eigenvalue weighted by Crippen LogP contribution is -2.45. The van der Waals surface area contributed by atoms with E-state index in [1.807, 2.05) is 0 Å². The van der Waals surface area contributed by atoms with Crippen molar-refractivity contribution in [3.63, 3.8) is 0 Å². The number of fused-ring (bicyclic) bond motifs is 1. The van der Waals surface area contributed by atoms with Crippen LogP contribution in [0.2, 0.25) is 0 Å². The second-order valence-electron chi connectivity index (χ2n) is 4.87. The van der Waals surface area contributed by atoms with Crippen molar-refractivity contribution < 1.29 is 27.5 Å². The lowest BCUT2D eigenvalue weighted by atomic mass is 9.93. The van der Waals surface area contributed by atoms with Crippen molar-refractivity contribution in [1.82, 2.24) is 4.72 Å². The number of sulfonamides is 1. The van der Waals surface area contributed by atoms with Crippen molar-refractivity contribution in [3.8, 4) is 0 Å². The van der Waals surface area contributed by atoms with Crippen LogP contribution in [0, 0.1) is 0 Å². The Balaban J connectivity index is 1.62. The van der Waals surface area contributed by atoms with Crippen LogP contribution >= 0.6 is 11.8 Å². The van der Waals surface area contributed by atoms with Gasteiger partial charge in [-0.2, -0.15) is 0 Å². The minimum Gasteiger partial charge on any atom is -0.457 e. The Morgan fingerprint density at radius 3 is 2.90 bits per heavy atom. The van der Waals surface area contributed by atoms with Crippen molar-refractivity contribution >= 4 is 33.7 Å². The maximum absolute atomic E-state index is 11.8. The molecule has 0 aromatic rings. The molecule has 5 atom stereocenters. The molecule has 2 bridgehead atoms. The molecule has 0 amide bonds. The summed E-state index contributed by atoms with van der Waals surface area (Å²) in [6, 6.07) is -0.368. The third kappa shape index (κ3) is 2.13. The standard InChI is InChI=1S/C11H13NO6S2/c1-2-7(13)17-4-8(14)18-10-5-3-6-11(19-5)9(10)12-20(6,15)16/h2,5-6,9-12H,1,3-4H2. The average Bonchev–Trinajstić information content (AvgIpc) is 3.00. The van der Waals surface area contributed by atoms with E-state index < -0.39 is 34.7 Å². The van der Waals surface area contributed by atoms with E-state index in [0.29, 0.717) is 6.42 Å². The number of esters is 2. The summed E-state index contributed by atoms with van der Waals surface area (Å²) in [5.41, 5.74) is 0. The lowest BCUT2D eigenvalue weighted by molar-refractivity contribution is -0.161. The second-order valence-corrected chi connectivity index (χ2v) is 8.22. The molecule has 0 radical (unpaired) electrons. The monoisotopic (exact) mass is 319 g/mol. The van der Waals surface area contributed by atoms with E-state index in [4.69, 9.17) is 4.74 Å². The molecule has 5 unspecified atom stereocenters. The normalized spacial score (nSPS) is 39.5. The van der Waals surface area contributed by atoms with Crippen molar-refractivity contribution in [1.29, 1.82) is 0 Å². The van der Waals surface area contributed by atoms with E-state index in [2.05, 4.69) is 16.0 Å². The Kier molecular flexibility index (Phi) is 3.30. The summed E-state index contributed by atoms with van der Waals surface area (Å²) in [6.07, 6.45) is 0.954. The number of nitrogens with one attached hydrogen (secondary N) is 1. The van der Waals surface area contributed by atoms with Crippen LogP contribution in [-0.4, -0.2) is 54.9 Å². The van der Waals surface area contributed by atoms with Gasteiger partial charge in [0.15, 0.2) is 6.61 Å². The summed E-state index contributed by atoms with van der Waals surface area (Å²) in [4.78, 5) is 22.5. The van der Waals surface area contributed by atoms with Gasteiger partial charge in [-0.15, -0.1) is 11.8 Å². The molecular weight excluding hydrogens is 306 g/mol. The highest BCUT2D eigenvalue weighted by Crippen LogP contribution is 2.53. The third-order valence-electron chi connectivity index (χ3n) is 3.70. The van der Waals surface area contributed by atoms with Crippen molar-refractivity contribution in [2.75, 3.05) is 6.61 Å². The Morgan fingerprint density at radius 2 is 2.20 bits per heavy atom. The van der Waals surface area contributed by atoms with E-state index in [-0.39, 0.29) is 21.8 Å². The van der Waals surface area contributed by atoms with Crippen LogP contribution in [0.3, 0.4) is 0 Å². The zero-order valence-electron chi connectivity index (χ0n) is 10.4. The molecule has 0 aliphatic carbocycles. The SMILES string of the molecule is C=CC(=O)OCC(=O)OC1C2CC3C(S2)C1NS3(=O)=O. The predicted molar refractivity (Wildman–Crippen MR) is 70.5 cm³/mol. The predicted octanol–water partition coefficient (Wildman–Crippen LogP) is -0.815. The molecule has 7 nitrogen and oxygen atoms in total. The van der Waals surface area contributed by atoms with Gasteiger partial charge in [0, 0.05) is 16.6 Å². The molecule has 3 aliphatic heterocycles. The molecule has 3 saturated heterocycles. The van der Waals surface area contributed by atoms with Gasteiger partial charge in [0.1, 0.15) is 6.10 Å². The number of thioether (sulfide) groups is 1. The quantitative estimate of drug-likeness (QED) is 0.534. The van der Waals surface area contributed by atoms with Gasteiger partial charge < -0.3 is 9.47 Å². The van der Waals surface area contributed by atoms with Crippen LogP contribution in [0.5, 0.6) is 0 Å². The van der Waals surface area contributed by atoms with E-state index in [9.17, 15) is 18.0 Å². The number of ether oxygens (including phenoxy) is 2. The first kappa shape index (κ1) is 13.9. The van der Waals surface area contributed by atoms with E-state index in [1.165, 1.54) is 0 Å². The van der Waals surface area contributed by atoms with Crippen molar-refractivity contribution in [2.24, 2.45) is 0 Å². The van der Waals surface area contributed by atoms with Gasteiger partial charge in [-0.3, -0.25) is 0 Å². The van der Waals surface area contributed by atoms with Gasteiger partial charge >= 0.3 is 11.9 Å². The Labute approximate surface area is 120 Å². The number of hydrogen-bond donors (Lipinski definition) is 1. The second kappa shape index (κ2) is 4.74. The minimum atomic E-state index is -3.29. The summed E-state index contributed by atoms with van der Waals surface area (Å²) >= 11 is 1.55. The van der Waals surface area contributed by atoms with Crippen molar-refractivity contribution in [3.05, 3.63) is 12.7 Å². The molecular formula is C11H13NO6S2. The number of carbonyl (C=O) groups excluding carboxylic acids is 2. The molecule has 0 spiro atoms. The Hall–Kier alpha value is -1.06. The fourth-order valence-electron chi connectivity index (χ4n) is 2.89. The van der Waals surface area contributed by atoms with Crippen LogP contribution in [0.4, 0.5) is 0 Å². The van der Waals surface area contributed by atoms with E-state index in [1.54, 1.807) is 11.8 Å². The molecule has 3 rings (SSSR count). The Bertz CT molecular complexity index is 573. The lowest BCUT2D eigenvalue weighted by Gasteiger charge is -2.24. The van der Waals surface area contributed by atoms with E-state index in [0.717, 1.165) is 6.08 Å². The van der Waals surface area contributed by atoms with Crippen LogP contribution in [0.25, 0.3) is 0 Å². The molecule has 0 aromatic heterocycles. The Morgan fingerprint density at radius 1 is 1.45 bits per heavy atom. The van der Waals surface area contributed by atoms with Gasteiger partial charge in [0.05, 0.1) is 11.3 Å². The van der Waals surface area contributed by atoms with Crippen molar-refractivity contribution in [2.45, 2.75) is 34.3 Å². The van der Waals surface area contributed by atoms with Gasteiger partial charge in [-0.25, -0.2) is 22.7 Å². The molecule has 3 heterocycles. The molecule has 1 N–H and O–H groups in total. The average molecular weight is 319 g/mol. The summed E-state index contributed by atoms with van der Waals surface area (Å²) in [6.45, 7) is 2.72. The molecule has 9 heteroatoms. The molecule has 3 fully saturated rings. The zero-order valence-corrected chi connectivity index (χ0v) is 12.0. The summed E-state index contributed by atoms with van der Waals surface area (Å²) in [5.74, 6) is -1.38. The third-order valence-corrected chi connectivity index (χ3v) is 7.50. The topological polar surface area (TPSA) is 98.8 Å². The van der Waals surface area contributed by atoms with Gasteiger partial charge in [0.2, 0.25) is 10.0 Å². The summed E-state index contributed by atoms with van der Waals surface area (Å²) in [5, 5.41) is -0.451. The fourth-order valence-corrected chi connectivity index (χ4v) is 7.33. The highest BCUT2D eigenvalue weighted by atomic mass is 32.2. The van der Waals surface area contributed by atoms with Gasteiger partial charge in [0.25, 0.3) is 0 Å². The van der Waals surface area contributed by atoms with Gasteiger partial charge in [-0.05, 0) is 6.42 Å². The maximum Gasteiger partial charge on any atom is 0.344 e. The zero-order chi connectivity index (χ0) is 14.5. The van der Waals surface area contributed by atoms with Crippen LogP contribution < -0.4 is 4.72 Å². The molecule has 20 heavy (non-hydrogen) atoms.